The van der Waals surface area contributed by atoms with Crippen molar-refractivity contribution in [2.24, 2.45) is 0 Å². The summed E-state index contributed by atoms with van der Waals surface area (Å²) >= 11 is 0. The average Bonchev–Trinajstić information content (AvgIpc) is 3.37. The van der Waals surface area contributed by atoms with Gasteiger partial charge in [0, 0.05) is 6.04 Å². The third kappa shape index (κ3) is 3.50. The van der Waals surface area contributed by atoms with Crippen LogP contribution in [0, 0.1) is 0 Å². The van der Waals surface area contributed by atoms with Crippen molar-refractivity contribution in [3.8, 4) is 0 Å². The molecule has 0 bridgehead atoms. The summed E-state index contributed by atoms with van der Waals surface area (Å²) in [6.45, 7) is 0.534. The van der Waals surface area contributed by atoms with Crippen molar-refractivity contribution in [2.45, 2.75) is 31.3 Å². The predicted octanol–water partition coefficient (Wildman–Crippen LogP) is 4.60. The molecule has 3 aromatic rings. The summed E-state index contributed by atoms with van der Waals surface area (Å²) in [6, 6.07) is 24.2. The molecule has 3 heteroatoms. The Morgan fingerprint density at radius 1 is 0.920 bits per heavy atom. The zero-order valence-electron chi connectivity index (χ0n) is 14.0. The molecular weight excluding hydrogens is 310 g/mol. The number of benzene rings is 2. The van der Waals surface area contributed by atoms with Crippen LogP contribution in [0.2, 0.25) is 0 Å². The smallest absolute Gasteiger partial charge is 0.235 e. The third-order valence-electron chi connectivity index (χ3n) is 4.69. The van der Waals surface area contributed by atoms with Gasteiger partial charge in [-0.1, -0.05) is 60.7 Å². The minimum atomic E-state index is -0.280. The third-order valence-corrected chi connectivity index (χ3v) is 4.69. The van der Waals surface area contributed by atoms with Crippen LogP contribution in [-0.4, -0.2) is 16.8 Å². The van der Waals surface area contributed by atoms with Crippen LogP contribution >= 0.6 is 0 Å². The molecule has 2 aromatic carbocycles. The summed E-state index contributed by atoms with van der Waals surface area (Å²) in [5, 5.41) is 0. The molecule has 1 saturated carbocycles. The van der Waals surface area contributed by atoms with Crippen LogP contribution in [0.5, 0.6) is 0 Å². The second-order valence-electron chi connectivity index (χ2n) is 6.53. The van der Waals surface area contributed by atoms with Crippen LogP contribution in [0.4, 0.5) is 0 Å². The van der Waals surface area contributed by atoms with Crippen molar-refractivity contribution in [1.29, 1.82) is 0 Å². The topological polar surface area (TPSA) is 33.5 Å². The Bertz CT molecular complexity index is 768. The number of rotatable bonds is 6. The van der Waals surface area contributed by atoms with Crippen molar-refractivity contribution >= 4 is 5.91 Å². The molecule has 1 amide bonds. The minimum Gasteiger partial charge on any atom is -0.467 e. The van der Waals surface area contributed by atoms with E-state index < -0.39 is 0 Å². The Balaban J connectivity index is 1.69. The Hall–Kier alpha value is -2.81. The van der Waals surface area contributed by atoms with Gasteiger partial charge in [0.2, 0.25) is 5.91 Å². The van der Waals surface area contributed by atoms with Crippen LogP contribution in [-0.2, 0) is 11.3 Å². The molecule has 0 unspecified atom stereocenters. The first kappa shape index (κ1) is 15.7. The van der Waals surface area contributed by atoms with Gasteiger partial charge in [-0.05, 0) is 36.1 Å². The van der Waals surface area contributed by atoms with E-state index in [1.807, 2.05) is 77.7 Å². The van der Waals surface area contributed by atoms with Crippen molar-refractivity contribution in [1.82, 2.24) is 4.90 Å². The van der Waals surface area contributed by atoms with E-state index in [4.69, 9.17) is 4.42 Å². The fraction of sp³-hybridized carbons (Fsp3) is 0.227. The quantitative estimate of drug-likeness (QED) is 0.661. The molecule has 25 heavy (non-hydrogen) atoms. The van der Waals surface area contributed by atoms with Gasteiger partial charge < -0.3 is 9.32 Å². The summed E-state index contributed by atoms with van der Waals surface area (Å²) in [7, 11) is 0. The van der Waals surface area contributed by atoms with Gasteiger partial charge in [0.15, 0.2) is 0 Å². The second kappa shape index (κ2) is 6.98. The second-order valence-corrected chi connectivity index (χ2v) is 6.53. The fourth-order valence-corrected chi connectivity index (χ4v) is 3.28. The largest absolute Gasteiger partial charge is 0.467 e. The minimum absolute atomic E-state index is 0.149. The Kier molecular flexibility index (Phi) is 4.38. The number of furan rings is 1. The molecule has 1 heterocycles. The first-order valence-corrected chi connectivity index (χ1v) is 8.75. The van der Waals surface area contributed by atoms with Gasteiger partial charge in [-0.3, -0.25) is 4.79 Å². The molecule has 0 saturated heterocycles. The molecule has 0 N–H and O–H groups in total. The number of amides is 1. The highest BCUT2D eigenvalue weighted by Gasteiger charge is 2.37. The molecule has 1 aliphatic carbocycles. The van der Waals surface area contributed by atoms with E-state index in [0.29, 0.717) is 12.6 Å². The maximum absolute atomic E-state index is 13.5. The number of hydrogen-bond acceptors (Lipinski definition) is 2. The highest BCUT2D eigenvalue weighted by atomic mass is 16.3. The highest BCUT2D eigenvalue weighted by molar-refractivity contribution is 5.87. The lowest BCUT2D eigenvalue weighted by molar-refractivity contribution is -0.133. The fourth-order valence-electron chi connectivity index (χ4n) is 3.28. The van der Waals surface area contributed by atoms with Gasteiger partial charge in [-0.25, -0.2) is 0 Å². The molecule has 0 spiro atoms. The molecular formula is C22H21NO2. The molecule has 3 nitrogen and oxygen atoms in total. The van der Waals surface area contributed by atoms with E-state index in [-0.39, 0.29) is 11.8 Å². The SMILES string of the molecule is O=C(C(c1ccccc1)c1ccccc1)N(Cc1ccco1)C1CC1. The van der Waals surface area contributed by atoms with Crippen LogP contribution in [0.1, 0.15) is 35.6 Å². The lowest BCUT2D eigenvalue weighted by Crippen LogP contribution is -2.36. The standard InChI is InChI=1S/C22H21NO2/c24-22(23(19-13-14-19)16-20-12-7-15-25-20)21(17-8-3-1-4-9-17)18-10-5-2-6-11-18/h1-12,15,19,21H,13-14,16H2. The van der Waals surface area contributed by atoms with Crippen LogP contribution in [0.25, 0.3) is 0 Å². The van der Waals surface area contributed by atoms with E-state index in [1.165, 1.54) is 0 Å². The molecule has 0 atom stereocenters. The maximum atomic E-state index is 13.5. The lowest BCUT2D eigenvalue weighted by atomic mass is 9.90. The lowest BCUT2D eigenvalue weighted by Gasteiger charge is -2.27. The van der Waals surface area contributed by atoms with E-state index in [2.05, 4.69) is 0 Å². The van der Waals surface area contributed by atoms with Gasteiger partial charge in [0.1, 0.15) is 5.76 Å². The van der Waals surface area contributed by atoms with Crippen molar-refractivity contribution in [3.63, 3.8) is 0 Å². The summed E-state index contributed by atoms with van der Waals surface area (Å²) in [6.07, 6.45) is 3.81. The summed E-state index contributed by atoms with van der Waals surface area (Å²) < 4.78 is 5.49. The first-order chi connectivity index (χ1) is 12.3. The van der Waals surface area contributed by atoms with E-state index in [0.717, 1.165) is 29.7 Å². The Morgan fingerprint density at radius 2 is 1.52 bits per heavy atom. The molecule has 0 aliphatic heterocycles. The van der Waals surface area contributed by atoms with Crippen molar-refractivity contribution in [3.05, 3.63) is 95.9 Å². The summed E-state index contributed by atoms with van der Waals surface area (Å²) in [4.78, 5) is 15.5. The molecule has 1 aliphatic rings. The first-order valence-electron chi connectivity index (χ1n) is 8.75. The monoisotopic (exact) mass is 331 g/mol. The van der Waals surface area contributed by atoms with E-state index >= 15 is 0 Å². The molecule has 1 fully saturated rings. The predicted molar refractivity (Wildman–Crippen MR) is 97.0 cm³/mol. The van der Waals surface area contributed by atoms with Crippen molar-refractivity contribution < 1.29 is 9.21 Å². The van der Waals surface area contributed by atoms with Gasteiger partial charge >= 0.3 is 0 Å². The van der Waals surface area contributed by atoms with Gasteiger partial charge in [-0.2, -0.15) is 0 Å². The molecule has 4 rings (SSSR count). The normalized spacial score (nSPS) is 13.8. The van der Waals surface area contributed by atoms with Crippen LogP contribution in [0.15, 0.2) is 83.5 Å². The maximum Gasteiger partial charge on any atom is 0.235 e. The van der Waals surface area contributed by atoms with Crippen LogP contribution < -0.4 is 0 Å². The van der Waals surface area contributed by atoms with E-state index in [1.54, 1.807) is 6.26 Å². The number of nitrogens with zero attached hydrogens (tertiary/aromatic N) is 1. The van der Waals surface area contributed by atoms with E-state index in [9.17, 15) is 4.79 Å². The molecule has 0 radical (unpaired) electrons. The highest BCUT2D eigenvalue weighted by Crippen LogP contribution is 2.34. The van der Waals surface area contributed by atoms with Crippen molar-refractivity contribution in [2.75, 3.05) is 0 Å². The van der Waals surface area contributed by atoms with Gasteiger partial charge in [0.05, 0.1) is 18.7 Å². The van der Waals surface area contributed by atoms with Gasteiger partial charge in [0.25, 0.3) is 0 Å². The number of carbonyl (C=O) groups is 1. The number of hydrogen-bond donors (Lipinski definition) is 0. The Labute approximate surface area is 147 Å². The zero-order chi connectivity index (χ0) is 17.1. The summed E-state index contributed by atoms with van der Waals surface area (Å²) in [5.41, 5.74) is 2.06. The average molecular weight is 331 g/mol. The van der Waals surface area contributed by atoms with Crippen LogP contribution in [0.3, 0.4) is 0 Å². The van der Waals surface area contributed by atoms with Gasteiger partial charge in [-0.15, -0.1) is 0 Å². The number of carbonyl (C=O) groups excluding carboxylic acids is 1. The zero-order valence-corrected chi connectivity index (χ0v) is 14.0. The summed E-state index contributed by atoms with van der Waals surface area (Å²) in [5.74, 6) is 0.703. The molecule has 1 aromatic heterocycles. The Morgan fingerprint density at radius 3 is 2.00 bits per heavy atom. The molecule has 126 valence electrons.